The largest absolute Gasteiger partial charge is 0.374 e. The molecule has 19 heavy (non-hydrogen) atoms. The molecule has 1 aromatic carbocycles. The fraction of sp³-hybridized carbons (Fsp3) is 0.571. The van der Waals surface area contributed by atoms with E-state index in [0.717, 1.165) is 25.2 Å². The summed E-state index contributed by atoms with van der Waals surface area (Å²) in [6.07, 6.45) is 0.0107. The van der Waals surface area contributed by atoms with Crippen LogP contribution in [0.5, 0.6) is 0 Å². The van der Waals surface area contributed by atoms with Gasteiger partial charge >= 0.3 is 0 Å². The van der Waals surface area contributed by atoms with Crippen molar-refractivity contribution in [2.75, 3.05) is 33.3 Å². The van der Waals surface area contributed by atoms with Gasteiger partial charge in [-0.1, -0.05) is 18.5 Å². The molecule has 1 saturated heterocycles. The second-order valence-corrected chi connectivity index (χ2v) is 5.18. The lowest BCUT2D eigenvalue weighted by Crippen LogP contribution is -2.48. The van der Waals surface area contributed by atoms with Crippen LogP contribution >= 0.6 is 11.6 Å². The minimum absolute atomic E-state index is 0.0107. The number of rotatable bonds is 4. The summed E-state index contributed by atoms with van der Waals surface area (Å²) < 4.78 is 19.4. The first-order chi connectivity index (χ1) is 9.15. The van der Waals surface area contributed by atoms with E-state index in [1.54, 1.807) is 6.07 Å². The van der Waals surface area contributed by atoms with Crippen molar-refractivity contribution in [1.82, 2.24) is 10.2 Å². The molecular weight excluding hydrogens is 267 g/mol. The number of nitrogens with one attached hydrogen (secondary N) is 1. The molecule has 1 aromatic rings. The second kappa shape index (κ2) is 6.66. The molecule has 1 aliphatic rings. The monoisotopic (exact) mass is 286 g/mol. The maximum atomic E-state index is 13.6. The van der Waals surface area contributed by atoms with Gasteiger partial charge in [0.15, 0.2) is 0 Å². The molecule has 0 bridgehead atoms. The van der Waals surface area contributed by atoms with Crippen LogP contribution in [-0.2, 0) is 4.74 Å². The van der Waals surface area contributed by atoms with Gasteiger partial charge in [-0.3, -0.25) is 4.90 Å². The number of halogens is 2. The average molecular weight is 287 g/mol. The summed E-state index contributed by atoms with van der Waals surface area (Å²) >= 11 is 5.97. The Hall–Kier alpha value is -0.680. The molecule has 106 valence electrons. The summed E-state index contributed by atoms with van der Waals surface area (Å²) in [5, 5.41) is 3.56. The summed E-state index contributed by atoms with van der Waals surface area (Å²) in [5.74, 6) is -0.299. The summed E-state index contributed by atoms with van der Waals surface area (Å²) in [5.41, 5.74) is 0.881. The molecule has 0 amide bonds. The first kappa shape index (κ1) is 14.7. The van der Waals surface area contributed by atoms with Gasteiger partial charge in [-0.2, -0.15) is 0 Å². The summed E-state index contributed by atoms with van der Waals surface area (Å²) in [6.45, 7) is 5.31. The zero-order valence-electron chi connectivity index (χ0n) is 11.3. The highest BCUT2D eigenvalue weighted by molar-refractivity contribution is 6.30. The van der Waals surface area contributed by atoms with Crippen molar-refractivity contribution in [1.29, 1.82) is 0 Å². The molecule has 0 spiro atoms. The van der Waals surface area contributed by atoms with Crippen LogP contribution in [-0.4, -0.2) is 44.3 Å². The Morgan fingerprint density at radius 2 is 2.26 bits per heavy atom. The third-order valence-corrected chi connectivity index (χ3v) is 3.71. The summed E-state index contributed by atoms with van der Waals surface area (Å²) in [6, 6.07) is 4.75. The number of hydrogen-bond donors (Lipinski definition) is 1. The van der Waals surface area contributed by atoms with E-state index in [-0.39, 0.29) is 18.0 Å². The van der Waals surface area contributed by atoms with Crippen LogP contribution in [0.1, 0.15) is 18.5 Å². The topological polar surface area (TPSA) is 24.5 Å². The van der Waals surface area contributed by atoms with Gasteiger partial charge in [0.2, 0.25) is 0 Å². The minimum Gasteiger partial charge on any atom is -0.374 e. The highest BCUT2D eigenvalue weighted by atomic mass is 35.5. The van der Waals surface area contributed by atoms with Crippen molar-refractivity contribution < 1.29 is 9.13 Å². The van der Waals surface area contributed by atoms with Gasteiger partial charge in [-0.15, -0.1) is 0 Å². The van der Waals surface area contributed by atoms with Crippen LogP contribution in [0.4, 0.5) is 4.39 Å². The number of morpholine rings is 1. The molecule has 0 radical (unpaired) electrons. The molecule has 2 rings (SSSR count). The van der Waals surface area contributed by atoms with Crippen LogP contribution in [0.25, 0.3) is 0 Å². The summed E-state index contributed by atoms with van der Waals surface area (Å²) in [7, 11) is 1.89. The molecule has 1 N–H and O–H groups in total. The summed E-state index contributed by atoms with van der Waals surface area (Å²) in [4.78, 5) is 2.30. The van der Waals surface area contributed by atoms with Crippen molar-refractivity contribution in [2.24, 2.45) is 0 Å². The maximum Gasteiger partial charge on any atom is 0.125 e. The average Bonchev–Trinajstić information content (AvgIpc) is 2.37. The lowest BCUT2D eigenvalue weighted by molar-refractivity contribution is -0.0687. The van der Waals surface area contributed by atoms with Gasteiger partial charge < -0.3 is 10.1 Å². The van der Waals surface area contributed by atoms with E-state index in [4.69, 9.17) is 16.3 Å². The highest BCUT2D eigenvalue weighted by Gasteiger charge is 2.32. The van der Waals surface area contributed by atoms with Crippen molar-refractivity contribution in [3.63, 3.8) is 0 Å². The molecule has 1 heterocycles. The van der Waals surface area contributed by atoms with Crippen LogP contribution in [0.2, 0.25) is 5.02 Å². The van der Waals surface area contributed by atoms with Gasteiger partial charge in [0, 0.05) is 18.1 Å². The van der Waals surface area contributed by atoms with E-state index in [1.807, 2.05) is 13.1 Å². The van der Waals surface area contributed by atoms with Crippen LogP contribution in [0, 0.1) is 5.82 Å². The maximum absolute atomic E-state index is 13.6. The van der Waals surface area contributed by atoms with Gasteiger partial charge in [0.1, 0.15) is 5.82 Å². The fourth-order valence-electron chi connectivity index (χ4n) is 2.68. The van der Waals surface area contributed by atoms with E-state index < -0.39 is 0 Å². The number of hydrogen-bond acceptors (Lipinski definition) is 3. The van der Waals surface area contributed by atoms with Crippen molar-refractivity contribution >= 4 is 11.6 Å². The smallest absolute Gasteiger partial charge is 0.125 e. The molecule has 5 heteroatoms. The third-order valence-electron chi connectivity index (χ3n) is 3.49. The van der Waals surface area contributed by atoms with Crippen LogP contribution in [0.15, 0.2) is 18.2 Å². The van der Waals surface area contributed by atoms with Gasteiger partial charge in [-0.25, -0.2) is 4.39 Å². The lowest BCUT2D eigenvalue weighted by Gasteiger charge is -2.41. The molecule has 2 unspecified atom stereocenters. The fourth-order valence-corrected chi connectivity index (χ4v) is 2.91. The van der Waals surface area contributed by atoms with Gasteiger partial charge in [-0.05, 0) is 37.4 Å². The van der Waals surface area contributed by atoms with E-state index in [1.165, 1.54) is 6.07 Å². The SMILES string of the molecule is CCN1CCOC(CNC)C1c1cc(F)cc(Cl)c1. The molecule has 0 aromatic heterocycles. The second-order valence-electron chi connectivity index (χ2n) is 4.74. The highest BCUT2D eigenvalue weighted by Crippen LogP contribution is 2.31. The Morgan fingerprint density at radius 1 is 1.47 bits per heavy atom. The molecule has 0 aliphatic carbocycles. The van der Waals surface area contributed by atoms with Crippen LogP contribution < -0.4 is 5.32 Å². The minimum atomic E-state index is -0.299. The molecular formula is C14H20ClFN2O. The van der Waals surface area contributed by atoms with Crippen molar-refractivity contribution in [2.45, 2.75) is 19.1 Å². The third kappa shape index (κ3) is 3.45. The van der Waals surface area contributed by atoms with E-state index in [2.05, 4.69) is 17.1 Å². The van der Waals surface area contributed by atoms with E-state index in [0.29, 0.717) is 11.6 Å². The quantitative estimate of drug-likeness (QED) is 0.920. The predicted molar refractivity (Wildman–Crippen MR) is 75.1 cm³/mol. The van der Waals surface area contributed by atoms with E-state index >= 15 is 0 Å². The standard InChI is InChI=1S/C14H20ClFN2O/c1-3-18-4-5-19-13(9-17-2)14(18)10-6-11(15)8-12(16)7-10/h6-8,13-14,17H,3-5,9H2,1-2H3. The number of nitrogens with zero attached hydrogens (tertiary/aromatic N) is 1. The van der Waals surface area contributed by atoms with Gasteiger partial charge in [0.25, 0.3) is 0 Å². The first-order valence-electron chi connectivity index (χ1n) is 6.62. The zero-order valence-corrected chi connectivity index (χ0v) is 12.1. The Bertz CT molecular complexity index is 408. The van der Waals surface area contributed by atoms with E-state index in [9.17, 15) is 4.39 Å². The Balaban J connectivity index is 2.33. The first-order valence-corrected chi connectivity index (χ1v) is 6.99. The van der Waals surface area contributed by atoms with Crippen molar-refractivity contribution in [3.8, 4) is 0 Å². The molecule has 0 saturated carbocycles. The molecule has 1 aliphatic heterocycles. The Morgan fingerprint density at radius 3 is 2.89 bits per heavy atom. The number of ether oxygens (including phenoxy) is 1. The zero-order chi connectivity index (χ0) is 13.8. The molecule has 2 atom stereocenters. The molecule has 3 nitrogen and oxygen atoms in total. The van der Waals surface area contributed by atoms with Gasteiger partial charge in [0.05, 0.1) is 18.8 Å². The molecule has 1 fully saturated rings. The normalized spacial score (nSPS) is 24.6. The number of likely N-dealkylation sites (N-methyl/N-ethyl adjacent to an activating group) is 2. The van der Waals surface area contributed by atoms with Crippen LogP contribution in [0.3, 0.4) is 0 Å². The van der Waals surface area contributed by atoms with Crippen molar-refractivity contribution in [3.05, 3.63) is 34.6 Å². The Labute approximate surface area is 118 Å². The lowest BCUT2D eigenvalue weighted by atomic mass is 9.97. The number of benzene rings is 1. The Kier molecular flexibility index (Phi) is 5.16. The predicted octanol–water partition coefficient (Wildman–Crippen LogP) is 2.46.